The van der Waals surface area contributed by atoms with E-state index < -0.39 is 10.0 Å². The number of rotatable bonds is 2. The molecule has 142 valence electrons. The predicted molar refractivity (Wildman–Crippen MR) is 105 cm³/mol. The summed E-state index contributed by atoms with van der Waals surface area (Å²) in [5.41, 5.74) is 2.12. The molecule has 6 nitrogen and oxygen atoms in total. The average molecular weight is 406 g/mol. The number of amides is 2. The van der Waals surface area contributed by atoms with E-state index in [2.05, 4.69) is 0 Å². The number of piperazine rings is 1. The number of benzene rings is 2. The van der Waals surface area contributed by atoms with Crippen LogP contribution in [0.25, 0.3) is 0 Å². The van der Waals surface area contributed by atoms with Crippen molar-refractivity contribution >= 4 is 33.3 Å². The van der Waals surface area contributed by atoms with Crippen LogP contribution in [0.15, 0.2) is 53.4 Å². The molecule has 4 rings (SSSR count). The summed E-state index contributed by atoms with van der Waals surface area (Å²) in [6, 6.07) is 14.3. The number of urea groups is 1. The van der Waals surface area contributed by atoms with Crippen molar-refractivity contribution in [3.05, 3.63) is 59.1 Å². The predicted octanol–water partition coefficient (Wildman–Crippen LogP) is 2.83. The summed E-state index contributed by atoms with van der Waals surface area (Å²) in [6.45, 7) is 1.91. The molecular formula is C19H20ClN3O3S. The van der Waals surface area contributed by atoms with Gasteiger partial charge in [-0.05, 0) is 30.2 Å². The second-order valence-corrected chi connectivity index (χ2v) is 8.95. The maximum absolute atomic E-state index is 12.9. The molecule has 1 fully saturated rings. The number of nitrogens with zero attached hydrogens (tertiary/aromatic N) is 3. The normalized spacial score (nSPS) is 17.8. The molecule has 1 saturated heterocycles. The molecule has 2 aliphatic heterocycles. The fourth-order valence-electron chi connectivity index (χ4n) is 3.62. The van der Waals surface area contributed by atoms with Crippen molar-refractivity contribution in [1.29, 1.82) is 0 Å². The summed E-state index contributed by atoms with van der Waals surface area (Å²) in [5, 5.41) is 0.213. The topological polar surface area (TPSA) is 60.9 Å². The smallest absolute Gasteiger partial charge is 0.322 e. The Balaban J connectivity index is 1.45. The lowest BCUT2D eigenvalue weighted by molar-refractivity contribution is 0.178. The highest BCUT2D eigenvalue weighted by Crippen LogP contribution is 2.29. The minimum atomic E-state index is -3.66. The molecule has 2 amide bonds. The lowest BCUT2D eigenvalue weighted by Gasteiger charge is -2.36. The van der Waals surface area contributed by atoms with Crippen molar-refractivity contribution in [3.63, 3.8) is 0 Å². The maximum atomic E-state index is 12.9. The lowest BCUT2D eigenvalue weighted by Crippen LogP contribution is -2.53. The molecule has 0 bridgehead atoms. The van der Waals surface area contributed by atoms with Crippen LogP contribution in [0.5, 0.6) is 0 Å². The molecule has 2 aliphatic rings. The van der Waals surface area contributed by atoms with E-state index in [1.807, 2.05) is 24.3 Å². The molecule has 0 radical (unpaired) electrons. The Morgan fingerprint density at radius 2 is 1.56 bits per heavy atom. The Bertz CT molecular complexity index is 972. The van der Waals surface area contributed by atoms with Gasteiger partial charge in [0, 0.05) is 38.4 Å². The SMILES string of the molecule is O=C(N1CCN(S(=O)(=O)c2ccccc2Cl)CC1)N1CCc2ccccc21. The van der Waals surface area contributed by atoms with Crippen LogP contribution in [-0.2, 0) is 16.4 Å². The first-order valence-electron chi connectivity index (χ1n) is 8.87. The fourth-order valence-corrected chi connectivity index (χ4v) is 5.54. The molecule has 0 N–H and O–H groups in total. The Morgan fingerprint density at radius 3 is 2.30 bits per heavy atom. The average Bonchev–Trinajstić information content (AvgIpc) is 3.12. The first kappa shape index (κ1) is 18.3. The number of fused-ring (bicyclic) bond motifs is 1. The molecule has 0 unspecified atom stereocenters. The minimum absolute atomic E-state index is 0.0604. The first-order chi connectivity index (χ1) is 13.0. The van der Waals surface area contributed by atoms with Crippen molar-refractivity contribution in [1.82, 2.24) is 9.21 Å². The van der Waals surface area contributed by atoms with Crippen molar-refractivity contribution in [3.8, 4) is 0 Å². The van der Waals surface area contributed by atoms with Crippen LogP contribution in [0.3, 0.4) is 0 Å². The Labute approximate surface area is 164 Å². The van der Waals surface area contributed by atoms with Gasteiger partial charge in [0.05, 0.1) is 5.02 Å². The van der Waals surface area contributed by atoms with E-state index in [9.17, 15) is 13.2 Å². The number of carbonyl (C=O) groups is 1. The molecule has 0 aliphatic carbocycles. The van der Waals surface area contributed by atoms with Crippen molar-refractivity contribution in [2.75, 3.05) is 37.6 Å². The van der Waals surface area contributed by atoms with Crippen LogP contribution in [-0.4, -0.2) is 56.4 Å². The largest absolute Gasteiger partial charge is 0.324 e. The first-order valence-corrected chi connectivity index (χ1v) is 10.7. The minimum Gasteiger partial charge on any atom is -0.322 e. The third-order valence-electron chi connectivity index (χ3n) is 5.08. The quantitative estimate of drug-likeness (QED) is 0.771. The molecule has 0 saturated carbocycles. The number of anilines is 1. The highest BCUT2D eigenvalue weighted by molar-refractivity contribution is 7.89. The van der Waals surface area contributed by atoms with E-state index in [1.54, 1.807) is 28.0 Å². The molecule has 2 heterocycles. The van der Waals surface area contributed by atoms with E-state index in [0.717, 1.165) is 12.1 Å². The standard InChI is InChI=1S/C19H20ClN3O3S/c20-16-6-2-4-8-18(16)27(25,26)22-13-11-21(12-14-22)19(24)23-10-9-15-5-1-3-7-17(15)23/h1-8H,9-14H2. The van der Waals surface area contributed by atoms with Gasteiger partial charge in [0.1, 0.15) is 4.90 Å². The highest BCUT2D eigenvalue weighted by Gasteiger charge is 2.34. The van der Waals surface area contributed by atoms with Gasteiger partial charge in [-0.2, -0.15) is 4.31 Å². The molecule has 2 aromatic rings. The molecule has 27 heavy (non-hydrogen) atoms. The number of sulfonamides is 1. The van der Waals surface area contributed by atoms with E-state index in [-0.39, 0.29) is 29.0 Å². The summed E-state index contributed by atoms with van der Waals surface area (Å²) >= 11 is 6.06. The monoisotopic (exact) mass is 405 g/mol. The van der Waals surface area contributed by atoms with Crippen LogP contribution >= 0.6 is 11.6 Å². The summed E-state index contributed by atoms with van der Waals surface area (Å²) in [4.78, 5) is 16.5. The Morgan fingerprint density at radius 1 is 0.889 bits per heavy atom. The van der Waals surface area contributed by atoms with Crippen molar-refractivity contribution in [2.24, 2.45) is 0 Å². The third kappa shape index (κ3) is 3.31. The van der Waals surface area contributed by atoms with Gasteiger partial charge < -0.3 is 4.90 Å². The molecule has 0 spiro atoms. The summed E-state index contributed by atoms with van der Waals surface area (Å²) in [7, 11) is -3.66. The summed E-state index contributed by atoms with van der Waals surface area (Å²) < 4.78 is 27.1. The van der Waals surface area contributed by atoms with E-state index >= 15 is 0 Å². The number of halogens is 1. The molecule has 8 heteroatoms. The van der Waals surface area contributed by atoms with Crippen LogP contribution in [0.4, 0.5) is 10.5 Å². The lowest BCUT2D eigenvalue weighted by atomic mass is 10.2. The molecule has 0 aromatic heterocycles. The van der Waals surface area contributed by atoms with Gasteiger partial charge in [-0.15, -0.1) is 0 Å². The van der Waals surface area contributed by atoms with Gasteiger partial charge in [0.2, 0.25) is 10.0 Å². The Hall–Kier alpha value is -2.09. The molecule has 0 atom stereocenters. The van der Waals surface area contributed by atoms with Gasteiger partial charge >= 0.3 is 6.03 Å². The summed E-state index contributed by atoms with van der Waals surface area (Å²) in [5.74, 6) is 0. The van der Waals surface area contributed by atoms with E-state index in [1.165, 1.54) is 15.9 Å². The van der Waals surface area contributed by atoms with Gasteiger partial charge in [-0.3, -0.25) is 4.90 Å². The van der Waals surface area contributed by atoms with Crippen LogP contribution in [0.2, 0.25) is 5.02 Å². The molecule has 2 aromatic carbocycles. The van der Waals surface area contributed by atoms with E-state index in [4.69, 9.17) is 11.6 Å². The van der Waals surface area contributed by atoms with E-state index in [0.29, 0.717) is 19.6 Å². The Kier molecular flexibility index (Phi) is 4.84. The second-order valence-electron chi connectivity index (χ2n) is 6.63. The van der Waals surface area contributed by atoms with Crippen LogP contribution in [0.1, 0.15) is 5.56 Å². The zero-order valence-electron chi connectivity index (χ0n) is 14.7. The zero-order chi connectivity index (χ0) is 19.0. The second kappa shape index (κ2) is 7.14. The number of carbonyl (C=O) groups excluding carboxylic acids is 1. The zero-order valence-corrected chi connectivity index (χ0v) is 16.3. The van der Waals surface area contributed by atoms with Gasteiger partial charge in [0.25, 0.3) is 0 Å². The highest BCUT2D eigenvalue weighted by atomic mass is 35.5. The van der Waals surface area contributed by atoms with Gasteiger partial charge in [-0.1, -0.05) is 41.9 Å². The van der Waals surface area contributed by atoms with Crippen molar-refractivity contribution in [2.45, 2.75) is 11.3 Å². The van der Waals surface area contributed by atoms with Gasteiger partial charge in [-0.25, -0.2) is 13.2 Å². The van der Waals surface area contributed by atoms with Gasteiger partial charge in [0.15, 0.2) is 0 Å². The van der Waals surface area contributed by atoms with Crippen LogP contribution in [0, 0.1) is 0 Å². The van der Waals surface area contributed by atoms with Crippen molar-refractivity contribution < 1.29 is 13.2 Å². The van der Waals surface area contributed by atoms with Crippen LogP contribution < -0.4 is 4.90 Å². The third-order valence-corrected chi connectivity index (χ3v) is 7.48. The molecular weight excluding hydrogens is 386 g/mol. The number of hydrogen-bond acceptors (Lipinski definition) is 3. The number of para-hydroxylation sites is 1. The maximum Gasteiger partial charge on any atom is 0.324 e. The summed E-state index contributed by atoms with van der Waals surface area (Å²) in [6.07, 6.45) is 0.850. The fraction of sp³-hybridized carbons (Fsp3) is 0.316. The number of hydrogen-bond donors (Lipinski definition) is 0.